The number of allylic oxidation sites excluding steroid dienone is 1. The Kier molecular flexibility index (Phi) is 10.4. The summed E-state index contributed by atoms with van der Waals surface area (Å²) < 4.78 is 12.2. The van der Waals surface area contributed by atoms with Crippen molar-refractivity contribution in [3.8, 4) is 0 Å². The minimum atomic E-state index is -2.09. The molecule has 3 N–H and O–H groups in total. The number of hydrogen-bond donors (Lipinski definition) is 3. The molecule has 2 amide bonds. The monoisotopic (exact) mass is 689 g/mol. The van der Waals surface area contributed by atoms with Gasteiger partial charge in [-0.2, -0.15) is 0 Å². The third-order valence-electron chi connectivity index (χ3n) is 9.23. The first-order valence-corrected chi connectivity index (χ1v) is 19.9. The first-order chi connectivity index (χ1) is 22.5. The molecule has 1 heterocycles. The van der Waals surface area contributed by atoms with Gasteiger partial charge in [0.15, 0.2) is 8.32 Å². The van der Waals surface area contributed by atoms with Gasteiger partial charge in [0.05, 0.1) is 16.9 Å². The zero-order chi connectivity index (χ0) is 34.9. The van der Waals surface area contributed by atoms with Crippen molar-refractivity contribution in [2.75, 3.05) is 10.6 Å². The Bertz CT molecular complexity index is 1680. The molecular formula is C37H48ClN5O4Si. The van der Waals surface area contributed by atoms with E-state index in [0.717, 1.165) is 24.0 Å². The van der Waals surface area contributed by atoms with Gasteiger partial charge in [0, 0.05) is 35.0 Å². The molecule has 256 valence electrons. The third-order valence-corrected chi connectivity index (χ3v) is 14.0. The number of carbonyl (C=O) groups excluding carboxylic acids is 2. The van der Waals surface area contributed by atoms with Gasteiger partial charge in [-0.25, -0.2) is 14.8 Å². The predicted molar refractivity (Wildman–Crippen MR) is 195 cm³/mol. The number of rotatable bonds is 8. The normalized spacial score (nSPS) is 19.6. The molecule has 2 aliphatic carbocycles. The van der Waals surface area contributed by atoms with E-state index in [-0.39, 0.29) is 29.1 Å². The number of carbonyl (C=O) groups is 2. The first kappa shape index (κ1) is 35.6. The number of ether oxygens (including phenoxy) is 1. The zero-order valence-electron chi connectivity index (χ0n) is 29.2. The third kappa shape index (κ3) is 8.83. The Labute approximate surface area is 290 Å². The Morgan fingerprint density at radius 3 is 2.31 bits per heavy atom. The maximum absolute atomic E-state index is 13.5. The average Bonchev–Trinajstić information content (AvgIpc) is 3.40. The lowest BCUT2D eigenvalue weighted by Crippen LogP contribution is -2.51. The highest BCUT2D eigenvalue weighted by Crippen LogP contribution is 2.40. The summed E-state index contributed by atoms with van der Waals surface area (Å²) in [4.78, 5) is 35.1. The van der Waals surface area contributed by atoms with E-state index in [4.69, 9.17) is 25.7 Å². The van der Waals surface area contributed by atoms with Gasteiger partial charge in [-0.15, -0.1) is 0 Å². The molecule has 2 aromatic carbocycles. The zero-order valence-corrected chi connectivity index (χ0v) is 31.0. The topological polar surface area (TPSA) is 114 Å². The van der Waals surface area contributed by atoms with Crippen LogP contribution in [0.25, 0.3) is 5.57 Å². The van der Waals surface area contributed by atoms with Gasteiger partial charge in [0.25, 0.3) is 5.91 Å². The van der Waals surface area contributed by atoms with Gasteiger partial charge in [0.1, 0.15) is 5.60 Å². The van der Waals surface area contributed by atoms with Gasteiger partial charge >= 0.3 is 6.09 Å². The molecule has 0 spiro atoms. The standard InChI is InChI=1S/C37H48ClN5O4Si/c1-36(2,3)46-35(45)42-25-16-13-24(14-17-25)33(44)40-26-19-27(21-28(20-26)47-48(7,8)37(4,5)6)41-34-39-22-31(38)32(43-34)30-18-15-23-11-9-10-12-29(23)30/h9-14,16-18,22,26-28H,15,19-21H2,1-8H3,(H,40,44)(H,42,45)(H,39,41,43)/t26?,27?,28-/m0/s1. The Hall–Kier alpha value is -3.73. The molecule has 3 atom stereocenters. The lowest BCUT2D eigenvalue weighted by molar-refractivity contribution is 0.0635. The summed E-state index contributed by atoms with van der Waals surface area (Å²) in [7, 11) is -2.09. The Morgan fingerprint density at radius 1 is 0.938 bits per heavy atom. The minimum Gasteiger partial charge on any atom is -0.444 e. The fourth-order valence-electron chi connectivity index (χ4n) is 5.90. The summed E-state index contributed by atoms with van der Waals surface area (Å²) in [5.74, 6) is 0.309. The second-order valence-corrected chi connectivity index (χ2v) is 20.5. The molecule has 9 nitrogen and oxygen atoms in total. The van der Waals surface area contributed by atoms with Crippen LogP contribution in [0, 0.1) is 0 Å². The van der Waals surface area contributed by atoms with Crippen LogP contribution in [-0.4, -0.2) is 54.1 Å². The molecule has 0 radical (unpaired) electrons. The molecule has 1 saturated carbocycles. The van der Waals surface area contributed by atoms with Crippen LogP contribution in [0.3, 0.4) is 0 Å². The number of hydrogen-bond acceptors (Lipinski definition) is 7. The van der Waals surface area contributed by atoms with E-state index in [0.29, 0.717) is 40.8 Å². The fraction of sp³-hybridized carbons (Fsp3) is 0.459. The highest BCUT2D eigenvalue weighted by molar-refractivity contribution is 6.74. The molecule has 0 bridgehead atoms. The van der Waals surface area contributed by atoms with Crippen molar-refractivity contribution in [2.24, 2.45) is 0 Å². The molecule has 5 rings (SSSR count). The van der Waals surface area contributed by atoms with Gasteiger partial charge in [-0.1, -0.05) is 62.7 Å². The van der Waals surface area contributed by atoms with Crippen molar-refractivity contribution in [1.29, 1.82) is 0 Å². The quantitative estimate of drug-likeness (QED) is 0.203. The number of aromatic nitrogens is 2. The van der Waals surface area contributed by atoms with Crippen molar-refractivity contribution in [2.45, 2.75) is 109 Å². The molecule has 3 aromatic rings. The van der Waals surface area contributed by atoms with Crippen molar-refractivity contribution in [3.05, 3.63) is 88.2 Å². The first-order valence-electron chi connectivity index (χ1n) is 16.6. The number of nitrogens with zero attached hydrogens (tertiary/aromatic N) is 2. The van der Waals surface area contributed by atoms with Crippen molar-refractivity contribution in [3.63, 3.8) is 0 Å². The summed E-state index contributed by atoms with van der Waals surface area (Å²) in [5.41, 5.74) is 4.55. The maximum Gasteiger partial charge on any atom is 0.412 e. The van der Waals surface area contributed by atoms with E-state index in [1.54, 1.807) is 51.2 Å². The van der Waals surface area contributed by atoms with Crippen LogP contribution < -0.4 is 16.0 Å². The van der Waals surface area contributed by atoms with Crippen molar-refractivity contribution >= 4 is 49.1 Å². The van der Waals surface area contributed by atoms with Crippen LogP contribution >= 0.6 is 11.6 Å². The maximum atomic E-state index is 13.5. The van der Waals surface area contributed by atoms with Crippen LogP contribution in [0.1, 0.15) is 88.0 Å². The Morgan fingerprint density at radius 2 is 1.62 bits per heavy atom. The van der Waals surface area contributed by atoms with Gasteiger partial charge in [-0.05, 0) is 100.0 Å². The highest BCUT2D eigenvalue weighted by atomic mass is 35.5. The summed E-state index contributed by atoms with van der Waals surface area (Å²) in [6.07, 6.45) is 6.19. The largest absolute Gasteiger partial charge is 0.444 e. The molecule has 1 fully saturated rings. The van der Waals surface area contributed by atoms with Crippen LogP contribution in [0.15, 0.2) is 60.8 Å². The van der Waals surface area contributed by atoms with Gasteiger partial charge in [0.2, 0.25) is 5.95 Å². The predicted octanol–water partition coefficient (Wildman–Crippen LogP) is 8.62. The number of nitrogens with one attached hydrogen (secondary N) is 3. The summed E-state index contributed by atoms with van der Waals surface area (Å²) in [5, 5.41) is 10.1. The fourth-order valence-corrected chi connectivity index (χ4v) is 7.47. The number of benzene rings is 2. The summed E-state index contributed by atoms with van der Waals surface area (Å²) in [6, 6.07) is 14.9. The molecular weight excluding hydrogens is 642 g/mol. The number of amides is 2. The molecule has 2 aliphatic rings. The second-order valence-electron chi connectivity index (χ2n) is 15.3. The molecule has 0 saturated heterocycles. The van der Waals surface area contributed by atoms with Crippen LogP contribution in [-0.2, 0) is 15.6 Å². The highest BCUT2D eigenvalue weighted by Gasteiger charge is 2.41. The average molecular weight is 690 g/mol. The van der Waals surface area contributed by atoms with Gasteiger partial charge < -0.3 is 19.8 Å². The van der Waals surface area contributed by atoms with E-state index in [1.165, 1.54) is 5.56 Å². The van der Waals surface area contributed by atoms with Crippen LogP contribution in [0.2, 0.25) is 23.2 Å². The van der Waals surface area contributed by atoms with Crippen molar-refractivity contribution < 1.29 is 18.8 Å². The molecule has 0 aliphatic heterocycles. The van der Waals surface area contributed by atoms with Crippen molar-refractivity contribution in [1.82, 2.24) is 15.3 Å². The Balaban J connectivity index is 1.31. The van der Waals surface area contributed by atoms with E-state index in [1.807, 2.05) is 12.1 Å². The van der Waals surface area contributed by atoms with E-state index in [2.05, 4.69) is 73.0 Å². The number of halogens is 1. The van der Waals surface area contributed by atoms with Gasteiger partial charge in [-0.3, -0.25) is 10.1 Å². The lowest BCUT2D eigenvalue weighted by atomic mass is 9.88. The minimum absolute atomic E-state index is 0.0424. The number of anilines is 2. The molecule has 2 unspecified atom stereocenters. The van der Waals surface area contributed by atoms with E-state index >= 15 is 0 Å². The summed E-state index contributed by atoms with van der Waals surface area (Å²) in [6.45, 7) is 16.6. The molecule has 48 heavy (non-hydrogen) atoms. The van der Waals surface area contributed by atoms with Crippen LogP contribution in [0.5, 0.6) is 0 Å². The smallest absolute Gasteiger partial charge is 0.412 e. The van der Waals surface area contributed by atoms with E-state index < -0.39 is 20.0 Å². The number of fused-ring (bicyclic) bond motifs is 1. The molecule has 11 heteroatoms. The SMILES string of the molecule is CC(C)(C)OC(=O)Nc1ccc(C(=O)NC2CC(Nc3ncc(Cl)c(C4=CCc5ccccc54)n3)C[C@@H](O[Si](C)(C)C(C)(C)C)C2)cc1. The molecule has 1 aromatic heterocycles. The second kappa shape index (κ2) is 14.0. The lowest BCUT2D eigenvalue weighted by Gasteiger charge is -2.43. The van der Waals surface area contributed by atoms with E-state index in [9.17, 15) is 9.59 Å². The summed E-state index contributed by atoms with van der Waals surface area (Å²) >= 11 is 6.64. The van der Waals surface area contributed by atoms with Crippen LogP contribution in [0.4, 0.5) is 16.4 Å².